The quantitative estimate of drug-likeness (QED) is 0.596. The Hall–Kier alpha value is -2.48. The number of pyridine rings is 1. The average Bonchev–Trinajstić information content (AvgIpc) is 3.05. The van der Waals surface area contributed by atoms with E-state index in [1.165, 1.54) is 29.7 Å². The number of H-pyrrole nitrogens is 1. The molecule has 0 radical (unpaired) electrons. The third-order valence-electron chi connectivity index (χ3n) is 3.53. The van der Waals surface area contributed by atoms with E-state index in [1.54, 1.807) is 0 Å². The number of unbranched alkanes of at least 4 members (excludes halogenated alkanes) is 2. The first-order valence-electron chi connectivity index (χ1n) is 8.29. The number of rotatable bonds is 9. The normalized spacial score (nSPS) is 10.4. The number of nitrogens with one attached hydrogen (secondary N) is 3. The number of amides is 2. The van der Waals surface area contributed by atoms with Gasteiger partial charge in [0, 0.05) is 30.6 Å². The second-order valence-electron chi connectivity index (χ2n) is 5.60. The minimum Gasteiger partial charge on any atom is -0.356 e. The molecule has 2 heterocycles. The van der Waals surface area contributed by atoms with Gasteiger partial charge in [0.05, 0.1) is 11.3 Å². The highest BCUT2D eigenvalue weighted by Gasteiger charge is 2.10. The number of carbonyl (C=O) groups is 2. The van der Waals surface area contributed by atoms with Crippen molar-refractivity contribution < 1.29 is 9.59 Å². The van der Waals surface area contributed by atoms with Crippen molar-refractivity contribution in [2.45, 2.75) is 39.0 Å². The third kappa shape index (κ3) is 6.50. The predicted octanol–water partition coefficient (Wildman–Crippen LogP) is 2.32. The number of anilines is 1. The van der Waals surface area contributed by atoms with E-state index in [1.807, 2.05) is 5.38 Å². The zero-order chi connectivity index (χ0) is 18.1. The Morgan fingerprint density at radius 3 is 2.84 bits per heavy atom. The molecule has 0 aliphatic heterocycles. The van der Waals surface area contributed by atoms with Crippen LogP contribution in [0.2, 0.25) is 0 Å². The zero-order valence-corrected chi connectivity index (χ0v) is 14.9. The largest absolute Gasteiger partial charge is 0.356 e. The van der Waals surface area contributed by atoms with Crippen molar-refractivity contribution >= 4 is 28.3 Å². The lowest BCUT2D eigenvalue weighted by molar-refractivity contribution is -0.121. The number of hydrogen-bond donors (Lipinski definition) is 3. The molecule has 7 nitrogen and oxygen atoms in total. The van der Waals surface area contributed by atoms with Gasteiger partial charge >= 0.3 is 0 Å². The van der Waals surface area contributed by atoms with Crippen LogP contribution in [-0.2, 0) is 11.2 Å². The lowest BCUT2D eigenvalue weighted by Crippen LogP contribution is -2.24. The molecular weight excluding hydrogens is 340 g/mol. The first-order valence-corrected chi connectivity index (χ1v) is 9.17. The summed E-state index contributed by atoms with van der Waals surface area (Å²) in [4.78, 5) is 41.5. The van der Waals surface area contributed by atoms with Crippen molar-refractivity contribution in [1.29, 1.82) is 0 Å². The highest BCUT2D eigenvalue weighted by Crippen LogP contribution is 2.17. The average molecular weight is 362 g/mol. The van der Waals surface area contributed by atoms with Crippen LogP contribution in [0.1, 0.15) is 48.7 Å². The van der Waals surface area contributed by atoms with Gasteiger partial charge < -0.3 is 10.3 Å². The molecule has 3 N–H and O–H groups in total. The molecule has 0 saturated heterocycles. The molecule has 0 spiro atoms. The van der Waals surface area contributed by atoms with Crippen LogP contribution in [0.3, 0.4) is 0 Å². The molecule has 0 unspecified atom stereocenters. The SMILES string of the molecule is CCCCCNC(=O)CCc1csc(NC(=O)c2ccc(=O)[nH]c2)n1. The zero-order valence-electron chi connectivity index (χ0n) is 14.1. The highest BCUT2D eigenvalue weighted by atomic mass is 32.1. The highest BCUT2D eigenvalue weighted by molar-refractivity contribution is 7.14. The van der Waals surface area contributed by atoms with Crippen LogP contribution in [0, 0.1) is 0 Å². The molecule has 0 aliphatic rings. The summed E-state index contributed by atoms with van der Waals surface area (Å²) in [5.41, 5.74) is 0.856. The molecule has 2 aromatic rings. The Morgan fingerprint density at radius 1 is 1.28 bits per heavy atom. The number of nitrogens with zero attached hydrogens (tertiary/aromatic N) is 1. The maximum absolute atomic E-state index is 12.0. The fourth-order valence-electron chi connectivity index (χ4n) is 2.13. The van der Waals surface area contributed by atoms with E-state index in [2.05, 4.69) is 27.5 Å². The molecule has 134 valence electrons. The lowest BCUT2D eigenvalue weighted by Gasteiger charge is -2.03. The number of aromatic nitrogens is 2. The Kier molecular flexibility index (Phi) is 7.34. The van der Waals surface area contributed by atoms with Crippen LogP contribution in [-0.4, -0.2) is 28.3 Å². The van der Waals surface area contributed by atoms with Gasteiger partial charge in [0.25, 0.3) is 5.91 Å². The van der Waals surface area contributed by atoms with E-state index in [4.69, 9.17) is 0 Å². The summed E-state index contributed by atoms with van der Waals surface area (Å²) in [6.07, 6.45) is 5.51. The Bertz CT molecular complexity index is 749. The number of hydrogen-bond acceptors (Lipinski definition) is 5. The Labute approximate surface area is 149 Å². The van der Waals surface area contributed by atoms with Crippen LogP contribution in [0.15, 0.2) is 28.5 Å². The van der Waals surface area contributed by atoms with Crippen molar-refractivity contribution in [3.05, 3.63) is 45.3 Å². The van der Waals surface area contributed by atoms with Gasteiger partial charge in [0.2, 0.25) is 11.5 Å². The van der Waals surface area contributed by atoms with Crippen molar-refractivity contribution in [3.8, 4) is 0 Å². The third-order valence-corrected chi connectivity index (χ3v) is 4.34. The first-order chi connectivity index (χ1) is 12.1. The van der Waals surface area contributed by atoms with E-state index < -0.39 is 0 Å². The lowest BCUT2D eigenvalue weighted by atomic mass is 10.2. The second-order valence-corrected chi connectivity index (χ2v) is 6.45. The molecule has 0 aromatic carbocycles. The second kappa shape index (κ2) is 9.73. The minimum atomic E-state index is -0.342. The molecular formula is C17H22N4O3S. The Balaban J connectivity index is 1.77. The molecule has 0 atom stereocenters. The molecule has 25 heavy (non-hydrogen) atoms. The smallest absolute Gasteiger partial charge is 0.258 e. The van der Waals surface area contributed by atoms with Crippen molar-refractivity contribution in [2.24, 2.45) is 0 Å². The van der Waals surface area contributed by atoms with Gasteiger partial charge in [0.15, 0.2) is 5.13 Å². The number of aromatic amines is 1. The van der Waals surface area contributed by atoms with Crippen LogP contribution >= 0.6 is 11.3 Å². The summed E-state index contributed by atoms with van der Waals surface area (Å²) >= 11 is 1.31. The maximum atomic E-state index is 12.0. The monoisotopic (exact) mass is 362 g/mol. The summed E-state index contributed by atoms with van der Waals surface area (Å²) in [5, 5.41) is 7.86. The van der Waals surface area contributed by atoms with Gasteiger partial charge in [0.1, 0.15) is 0 Å². The Morgan fingerprint density at radius 2 is 2.12 bits per heavy atom. The fourth-order valence-corrected chi connectivity index (χ4v) is 2.87. The van der Waals surface area contributed by atoms with E-state index in [-0.39, 0.29) is 17.4 Å². The van der Waals surface area contributed by atoms with Crippen molar-refractivity contribution in [1.82, 2.24) is 15.3 Å². The van der Waals surface area contributed by atoms with Crippen LogP contribution in [0.4, 0.5) is 5.13 Å². The maximum Gasteiger partial charge on any atom is 0.258 e. The van der Waals surface area contributed by atoms with Gasteiger partial charge in [-0.15, -0.1) is 11.3 Å². The van der Waals surface area contributed by atoms with E-state index in [0.717, 1.165) is 25.0 Å². The van der Waals surface area contributed by atoms with Crippen molar-refractivity contribution in [3.63, 3.8) is 0 Å². The van der Waals surface area contributed by atoms with Gasteiger partial charge in [-0.1, -0.05) is 19.8 Å². The van der Waals surface area contributed by atoms with Crippen LogP contribution in [0.5, 0.6) is 0 Å². The van der Waals surface area contributed by atoms with Crippen LogP contribution < -0.4 is 16.2 Å². The van der Waals surface area contributed by atoms with Crippen molar-refractivity contribution in [2.75, 3.05) is 11.9 Å². The topological polar surface area (TPSA) is 104 Å². The molecule has 0 aliphatic carbocycles. The summed E-state index contributed by atoms with van der Waals surface area (Å²) < 4.78 is 0. The summed E-state index contributed by atoms with van der Waals surface area (Å²) in [6, 6.07) is 2.74. The molecule has 0 fully saturated rings. The number of carbonyl (C=O) groups excluding carboxylic acids is 2. The molecule has 0 bridgehead atoms. The molecule has 0 saturated carbocycles. The molecule has 2 aromatic heterocycles. The first kappa shape index (κ1) is 18.9. The summed E-state index contributed by atoms with van der Waals surface area (Å²) in [5.74, 6) is -0.325. The van der Waals surface area contributed by atoms with Gasteiger partial charge in [-0.05, 0) is 18.9 Å². The van der Waals surface area contributed by atoms with Gasteiger partial charge in [-0.25, -0.2) is 4.98 Å². The fraction of sp³-hybridized carbons (Fsp3) is 0.412. The van der Waals surface area contributed by atoms with E-state index in [0.29, 0.717) is 30.1 Å². The predicted molar refractivity (Wildman–Crippen MR) is 98.0 cm³/mol. The minimum absolute atomic E-state index is 0.0166. The molecule has 2 rings (SSSR count). The molecule has 8 heteroatoms. The summed E-state index contributed by atoms with van der Waals surface area (Å²) in [6.45, 7) is 2.84. The van der Waals surface area contributed by atoms with E-state index >= 15 is 0 Å². The number of aryl methyl sites for hydroxylation is 1. The number of thiazole rings is 1. The van der Waals surface area contributed by atoms with Gasteiger partial charge in [-0.3, -0.25) is 19.7 Å². The van der Waals surface area contributed by atoms with Crippen LogP contribution in [0.25, 0.3) is 0 Å². The van der Waals surface area contributed by atoms with Gasteiger partial charge in [-0.2, -0.15) is 0 Å². The van der Waals surface area contributed by atoms with E-state index in [9.17, 15) is 14.4 Å². The standard InChI is InChI=1S/C17H22N4O3S/c1-2-3-4-9-18-14(22)8-6-13-11-25-17(20-13)21-16(24)12-5-7-15(23)19-10-12/h5,7,10-11H,2-4,6,8-9H2,1H3,(H,18,22)(H,19,23)(H,20,21,24). The summed E-state index contributed by atoms with van der Waals surface area (Å²) in [7, 11) is 0. The molecule has 2 amide bonds.